The summed E-state index contributed by atoms with van der Waals surface area (Å²) in [4.78, 5) is 30.9. The van der Waals surface area contributed by atoms with Gasteiger partial charge in [-0.3, -0.25) is 4.79 Å². The Morgan fingerprint density at radius 1 is 1.06 bits per heavy atom. The van der Waals surface area contributed by atoms with Crippen LogP contribution in [0, 0.1) is 27.7 Å². The number of anilines is 1. The van der Waals surface area contributed by atoms with Gasteiger partial charge in [-0.15, -0.1) is 5.10 Å². The van der Waals surface area contributed by atoms with Crippen LogP contribution in [-0.4, -0.2) is 25.1 Å². The Labute approximate surface area is 184 Å². The summed E-state index contributed by atoms with van der Waals surface area (Å²) in [6.45, 7) is 7.77. The summed E-state index contributed by atoms with van der Waals surface area (Å²) in [5, 5.41) is 7.91. The average Bonchev–Trinajstić information content (AvgIpc) is 3.03. The predicted octanol–water partition coefficient (Wildman–Crippen LogP) is 3.91. The highest BCUT2D eigenvalue weighted by molar-refractivity contribution is 7.99. The zero-order chi connectivity index (χ0) is 22.1. The third kappa shape index (κ3) is 4.25. The fourth-order valence-corrected chi connectivity index (χ4v) is 4.35. The van der Waals surface area contributed by atoms with E-state index in [1.807, 2.05) is 58.0 Å². The van der Waals surface area contributed by atoms with Gasteiger partial charge in [0.15, 0.2) is 5.65 Å². The number of para-hydroxylation sites is 1. The summed E-state index contributed by atoms with van der Waals surface area (Å²) < 4.78 is 2.59. The molecule has 0 fully saturated rings. The first-order valence-corrected chi connectivity index (χ1v) is 10.7. The molecule has 4 aromatic rings. The van der Waals surface area contributed by atoms with Gasteiger partial charge in [0.05, 0.1) is 0 Å². The number of fused-ring (bicyclic) bond motifs is 1. The Hall–Kier alpha value is -3.39. The van der Waals surface area contributed by atoms with Gasteiger partial charge in [0, 0.05) is 23.0 Å². The maximum atomic E-state index is 12.8. The van der Waals surface area contributed by atoms with Crippen LogP contribution < -0.4 is 11.0 Å². The molecule has 0 unspecified atom stereocenters. The zero-order valence-corrected chi connectivity index (χ0v) is 18.7. The minimum absolute atomic E-state index is 0.179. The van der Waals surface area contributed by atoms with Crippen LogP contribution in [0.25, 0.3) is 5.65 Å². The Kier molecular flexibility index (Phi) is 5.65. The third-order valence-electron chi connectivity index (χ3n) is 5.05. The lowest BCUT2D eigenvalue weighted by molar-refractivity contribution is -0.117. The molecule has 0 aliphatic heterocycles. The number of hydrogen-bond donors (Lipinski definition) is 1. The van der Waals surface area contributed by atoms with Crippen LogP contribution in [0.15, 0.2) is 63.5 Å². The van der Waals surface area contributed by atoms with Gasteiger partial charge in [-0.1, -0.05) is 47.7 Å². The number of carbonyl (C=O) groups is 1. The number of aryl methyl sites for hydroxylation is 4. The lowest BCUT2D eigenvalue weighted by Gasteiger charge is -2.11. The van der Waals surface area contributed by atoms with E-state index in [4.69, 9.17) is 0 Å². The van der Waals surface area contributed by atoms with Crippen molar-refractivity contribution in [3.63, 3.8) is 0 Å². The number of amides is 1. The van der Waals surface area contributed by atoms with E-state index in [0.29, 0.717) is 10.7 Å². The van der Waals surface area contributed by atoms with Crippen LogP contribution in [0.3, 0.4) is 0 Å². The molecule has 0 bridgehead atoms. The van der Waals surface area contributed by atoms with Crippen molar-refractivity contribution >= 4 is 29.0 Å². The molecule has 2 aromatic carbocycles. The van der Waals surface area contributed by atoms with Crippen molar-refractivity contribution in [2.75, 3.05) is 5.32 Å². The second-order valence-corrected chi connectivity index (χ2v) is 8.58. The molecule has 2 aromatic heterocycles. The molecular formula is C23H23N5O2S. The van der Waals surface area contributed by atoms with Crippen LogP contribution >= 0.6 is 11.8 Å². The fourth-order valence-electron chi connectivity index (χ4n) is 3.45. The summed E-state index contributed by atoms with van der Waals surface area (Å²) in [5.41, 5.74) is 5.05. The molecule has 0 saturated heterocycles. The summed E-state index contributed by atoms with van der Waals surface area (Å²) in [5.74, 6) is -0.306. The number of nitrogens with zero attached hydrogens (tertiary/aromatic N) is 4. The summed E-state index contributed by atoms with van der Waals surface area (Å²) in [6, 6.07) is 12.0. The average molecular weight is 434 g/mol. The second-order valence-electron chi connectivity index (χ2n) is 7.55. The molecule has 0 aliphatic rings. The van der Waals surface area contributed by atoms with Gasteiger partial charge in [0.1, 0.15) is 11.6 Å². The van der Waals surface area contributed by atoms with Crippen molar-refractivity contribution < 1.29 is 4.79 Å². The quantitative estimate of drug-likeness (QED) is 0.516. The molecule has 8 heteroatoms. The Morgan fingerprint density at radius 2 is 1.81 bits per heavy atom. The first-order valence-electron chi connectivity index (χ1n) is 9.89. The van der Waals surface area contributed by atoms with E-state index in [1.165, 1.54) is 26.4 Å². The van der Waals surface area contributed by atoms with E-state index in [-0.39, 0.29) is 18.1 Å². The van der Waals surface area contributed by atoms with Gasteiger partial charge in [0.2, 0.25) is 5.91 Å². The van der Waals surface area contributed by atoms with E-state index >= 15 is 0 Å². The molecule has 0 saturated carbocycles. The number of aromatic nitrogens is 4. The lowest BCUT2D eigenvalue weighted by atomic mass is 10.1. The van der Waals surface area contributed by atoms with Crippen LogP contribution in [0.5, 0.6) is 0 Å². The van der Waals surface area contributed by atoms with Gasteiger partial charge in [-0.2, -0.15) is 0 Å². The van der Waals surface area contributed by atoms with Gasteiger partial charge in [-0.25, -0.2) is 18.9 Å². The Bertz CT molecular complexity index is 1340. The lowest BCUT2D eigenvalue weighted by Crippen LogP contribution is -2.28. The van der Waals surface area contributed by atoms with Crippen LogP contribution in [0.1, 0.15) is 22.3 Å². The van der Waals surface area contributed by atoms with E-state index in [2.05, 4.69) is 21.5 Å². The maximum absolute atomic E-state index is 12.8. The molecule has 1 amide bonds. The first kappa shape index (κ1) is 20.9. The number of benzene rings is 2. The molecule has 1 N–H and O–H groups in total. The molecule has 158 valence electrons. The highest BCUT2D eigenvalue weighted by Gasteiger charge is 2.16. The monoisotopic (exact) mass is 433 g/mol. The van der Waals surface area contributed by atoms with Crippen molar-refractivity contribution in [1.82, 2.24) is 19.2 Å². The standard InChI is InChI=1S/C23H23N5O2S/c1-14-8-9-18(17(4)12-14)31-22-21-26-28(23(30)27(21)11-10-24-22)13-19(29)25-20-15(2)6-5-7-16(20)3/h5-12H,13H2,1-4H3,(H,25,29). The van der Waals surface area contributed by atoms with Crippen molar-refractivity contribution in [1.29, 1.82) is 0 Å². The topological polar surface area (TPSA) is 81.3 Å². The number of hydrogen-bond acceptors (Lipinski definition) is 5. The number of nitrogens with one attached hydrogen (secondary N) is 1. The summed E-state index contributed by atoms with van der Waals surface area (Å²) in [6.07, 6.45) is 3.14. The predicted molar refractivity (Wildman–Crippen MR) is 122 cm³/mol. The van der Waals surface area contributed by atoms with Crippen LogP contribution in [-0.2, 0) is 11.3 Å². The molecular weight excluding hydrogens is 410 g/mol. The molecule has 2 heterocycles. The minimum atomic E-state index is -0.378. The number of carbonyl (C=O) groups excluding carboxylic acids is 1. The van der Waals surface area contributed by atoms with Gasteiger partial charge in [0.25, 0.3) is 0 Å². The minimum Gasteiger partial charge on any atom is -0.324 e. The molecule has 4 rings (SSSR count). The number of rotatable bonds is 5. The largest absolute Gasteiger partial charge is 0.350 e. The molecule has 0 atom stereocenters. The third-order valence-corrected chi connectivity index (χ3v) is 6.20. The molecule has 7 nitrogen and oxygen atoms in total. The van der Waals surface area contributed by atoms with Crippen molar-refractivity contribution in [3.8, 4) is 0 Å². The second kappa shape index (κ2) is 8.39. The maximum Gasteiger partial charge on any atom is 0.350 e. The first-order chi connectivity index (χ1) is 14.8. The van der Waals surface area contributed by atoms with E-state index < -0.39 is 0 Å². The molecule has 0 aliphatic carbocycles. The fraction of sp³-hybridized carbons (Fsp3) is 0.217. The zero-order valence-electron chi connectivity index (χ0n) is 17.8. The van der Waals surface area contributed by atoms with Gasteiger partial charge < -0.3 is 5.32 Å². The van der Waals surface area contributed by atoms with Crippen LogP contribution in [0.4, 0.5) is 5.69 Å². The normalized spacial score (nSPS) is 11.1. The van der Waals surface area contributed by atoms with E-state index in [0.717, 1.165) is 27.3 Å². The molecule has 0 spiro atoms. The van der Waals surface area contributed by atoms with Crippen molar-refractivity contribution in [3.05, 3.63) is 81.5 Å². The highest BCUT2D eigenvalue weighted by Crippen LogP contribution is 2.31. The smallest absolute Gasteiger partial charge is 0.324 e. The summed E-state index contributed by atoms with van der Waals surface area (Å²) >= 11 is 1.45. The van der Waals surface area contributed by atoms with Crippen molar-refractivity contribution in [2.24, 2.45) is 0 Å². The van der Waals surface area contributed by atoms with Crippen molar-refractivity contribution in [2.45, 2.75) is 44.2 Å². The summed E-state index contributed by atoms with van der Waals surface area (Å²) in [7, 11) is 0. The van der Waals surface area contributed by atoms with E-state index in [1.54, 1.807) is 12.4 Å². The Balaban J connectivity index is 1.63. The molecule has 0 radical (unpaired) electrons. The molecule has 31 heavy (non-hydrogen) atoms. The SMILES string of the molecule is Cc1ccc(Sc2nccn3c(=O)n(CC(=O)Nc4c(C)cccc4C)nc23)c(C)c1. The van der Waals surface area contributed by atoms with Crippen LogP contribution in [0.2, 0.25) is 0 Å². The highest BCUT2D eigenvalue weighted by atomic mass is 32.2. The van der Waals surface area contributed by atoms with E-state index in [9.17, 15) is 9.59 Å². The van der Waals surface area contributed by atoms with Gasteiger partial charge in [-0.05, 0) is 50.5 Å². The van der Waals surface area contributed by atoms with Gasteiger partial charge >= 0.3 is 5.69 Å². The Morgan fingerprint density at radius 3 is 2.52 bits per heavy atom.